The third-order valence-corrected chi connectivity index (χ3v) is 3.72. The molecule has 0 aromatic heterocycles. The number of nitrogens with one attached hydrogen (secondary N) is 1. The van der Waals surface area contributed by atoms with Crippen LogP contribution in [-0.4, -0.2) is 31.6 Å². The predicted octanol–water partition coefficient (Wildman–Crippen LogP) is 3.57. The van der Waals surface area contributed by atoms with Gasteiger partial charge in [-0.15, -0.1) is 11.8 Å². The molecule has 0 aliphatic rings. The average molecular weight is 267 g/mol. The van der Waals surface area contributed by atoms with E-state index in [0.717, 1.165) is 31.9 Å². The van der Waals surface area contributed by atoms with Gasteiger partial charge in [-0.05, 0) is 31.5 Å². The molecule has 1 unspecified atom stereocenters. The van der Waals surface area contributed by atoms with Gasteiger partial charge in [0, 0.05) is 23.3 Å². The zero-order valence-corrected chi connectivity index (χ0v) is 12.3. The van der Waals surface area contributed by atoms with E-state index in [1.807, 2.05) is 11.8 Å². The summed E-state index contributed by atoms with van der Waals surface area (Å²) in [7, 11) is 0. The van der Waals surface area contributed by atoms with Crippen molar-refractivity contribution in [2.24, 2.45) is 0 Å². The molecule has 18 heavy (non-hydrogen) atoms. The van der Waals surface area contributed by atoms with Gasteiger partial charge in [-0.3, -0.25) is 0 Å². The third-order valence-electron chi connectivity index (χ3n) is 2.54. The van der Waals surface area contributed by atoms with Crippen LogP contribution < -0.4 is 5.32 Å². The Morgan fingerprint density at radius 2 is 1.94 bits per heavy atom. The molecule has 0 spiro atoms. The largest absolute Gasteiger partial charge is 0.380 e. The van der Waals surface area contributed by atoms with Gasteiger partial charge in [0.05, 0.1) is 6.61 Å². The summed E-state index contributed by atoms with van der Waals surface area (Å²) in [5.74, 6) is 1.06. The normalized spacial score (nSPS) is 12.6. The van der Waals surface area contributed by atoms with Crippen molar-refractivity contribution in [2.75, 3.05) is 25.5 Å². The monoisotopic (exact) mass is 267 g/mol. The van der Waals surface area contributed by atoms with E-state index in [1.165, 1.54) is 11.3 Å². The van der Waals surface area contributed by atoms with E-state index < -0.39 is 0 Å². The van der Waals surface area contributed by atoms with Crippen molar-refractivity contribution in [3.8, 4) is 0 Å². The van der Waals surface area contributed by atoms with E-state index in [2.05, 4.69) is 49.5 Å². The number of hydrogen-bond acceptors (Lipinski definition) is 3. The molecular formula is C15H25NOS. The molecule has 0 fully saturated rings. The van der Waals surface area contributed by atoms with Crippen LogP contribution in [0.3, 0.4) is 0 Å². The summed E-state index contributed by atoms with van der Waals surface area (Å²) in [6, 6.07) is 11.0. The standard InChI is InChI=1S/C15H25NOS/c1-3-10-16-14(12-17-11-4-2)13-18-15-8-6-5-7-9-15/h5-9,14,16H,3-4,10-13H2,1-2H3. The van der Waals surface area contributed by atoms with Gasteiger partial charge in [0.1, 0.15) is 0 Å². The molecule has 0 radical (unpaired) electrons. The molecule has 0 saturated carbocycles. The van der Waals surface area contributed by atoms with E-state index in [0.29, 0.717) is 6.04 Å². The predicted molar refractivity (Wildman–Crippen MR) is 80.4 cm³/mol. The molecule has 0 saturated heterocycles. The maximum atomic E-state index is 5.65. The van der Waals surface area contributed by atoms with Gasteiger partial charge in [0.2, 0.25) is 0 Å². The van der Waals surface area contributed by atoms with E-state index in [4.69, 9.17) is 4.74 Å². The Bertz CT molecular complexity index is 292. The Morgan fingerprint density at radius 3 is 2.61 bits per heavy atom. The molecule has 0 aliphatic carbocycles. The van der Waals surface area contributed by atoms with E-state index in [1.54, 1.807) is 0 Å². The van der Waals surface area contributed by atoms with Crippen LogP contribution in [0, 0.1) is 0 Å². The fraction of sp³-hybridized carbons (Fsp3) is 0.600. The Morgan fingerprint density at radius 1 is 1.17 bits per heavy atom. The van der Waals surface area contributed by atoms with Crippen LogP contribution in [0.4, 0.5) is 0 Å². The van der Waals surface area contributed by atoms with Crippen molar-refractivity contribution < 1.29 is 4.74 Å². The molecule has 0 bridgehead atoms. The summed E-state index contributed by atoms with van der Waals surface area (Å²) in [5.41, 5.74) is 0. The van der Waals surface area contributed by atoms with E-state index in [9.17, 15) is 0 Å². The number of thioether (sulfide) groups is 1. The van der Waals surface area contributed by atoms with Crippen LogP contribution in [0.2, 0.25) is 0 Å². The lowest BCUT2D eigenvalue weighted by molar-refractivity contribution is 0.117. The Hall–Kier alpha value is -0.510. The summed E-state index contributed by atoms with van der Waals surface area (Å²) in [6.45, 7) is 7.08. The lowest BCUT2D eigenvalue weighted by Gasteiger charge is -2.18. The van der Waals surface area contributed by atoms with Crippen molar-refractivity contribution in [1.29, 1.82) is 0 Å². The molecule has 102 valence electrons. The first kappa shape index (κ1) is 15.5. The first-order chi connectivity index (χ1) is 8.86. The molecule has 1 aromatic carbocycles. The first-order valence-corrected chi connectivity index (χ1v) is 7.84. The van der Waals surface area contributed by atoms with Crippen molar-refractivity contribution in [3.05, 3.63) is 30.3 Å². The highest BCUT2D eigenvalue weighted by atomic mass is 32.2. The zero-order chi connectivity index (χ0) is 13.1. The first-order valence-electron chi connectivity index (χ1n) is 6.85. The van der Waals surface area contributed by atoms with Gasteiger partial charge in [0.25, 0.3) is 0 Å². The molecule has 3 heteroatoms. The van der Waals surface area contributed by atoms with Crippen LogP contribution >= 0.6 is 11.8 Å². The summed E-state index contributed by atoms with van der Waals surface area (Å²) in [5, 5.41) is 3.55. The molecule has 1 atom stereocenters. The second-order valence-electron chi connectivity index (χ2n) is 4.35. The smallest absolute Gasteiger partial charge is 0.0627 e. The van der Waals surface area contributed by atoms with Crippen molar-refractivity contribution in [2.45, 2.75) is 37.6 Å². The van der Waals surface area contributed by atoms with Crippen LogP contribution in [0.1, 0.15) is 26.7 Å². The lowest BCUT2D eigenvalue weighted by Crippen LogP contribution is -2.36. The van der Waals surface area contributed by atoms with Crippen molar-refractivity contribution in [1.82, 2.24) is 5.32 Å². The molecule has 0 aliphatic heterocycles. The van der Waals surface area contributed by atoms with Crippen LogP contribution in [0.5, 0.6) is 0 Å². The minimum Gasteiger partial charge on any atom is -0.380 e. The lowest BCUT2D eigenvalue weighted by atomic mass is 10.3. The second kappa shape index (κ2) is 10.4. The van der Waals surface area contributed by atoms with Gasteiger partial charge in [-0.25, -0.2) is 0 Å². The van der Waals surface area contributed by atoms with Crippen molar-refractivity contribution in [3.63, 3.8) is 0 Å². The number of hydrogen-bond donors (Lipinski definition) is 1. The molecule has 1 rings (SSSR count). The zero-order valence-electron chi connectivity index (χ0n) is 11.5. The van der Waals surface area contributed by atoms with Gasteiger partial charge in [-0.2, -0.15) is 0 Å². The van der Waals surface area contributed by atoms with Gasteiger partial charge < -0.3 is 10.1 Å². The van der Waals surface area contributed by atoms with Crippen LogP contribution in [-0.2, 0) is 4.74 Å². The highest BCUT2D eigenvalue weighted by Crippen LogP contribution is 2.18. The maximum absolute atomic E-state index is 5.65. The average Bonchev–Trinajstić information content (AvgIpc) is 2.42. The summed E-state index contributed by atoms with van der Waals surface area (Å²) in [4.78, 5) is 1.33. The SMILES string of the molecule is CCCNC(COCCC)CSc1ccccc1. The van der Waals surface area contributed by atoms with E-state index >= 15 is 0 Å². The molecule has 0 amide bonds. The Balaban J connectivity index is 2.30. The minimum absolute atomic E-state index is 0.446. The molecule has 1 aromatic rings. The Labute approximate surface area is 116 Å². The topological polar surface area (TPSA) is 21.3 Å². The van der Waals surface area contributed by atoms with Crippen LogP contribution in [0.25, 0.3) is 0 Å². The third kappa shape index (κ3) is 7.04. The second-order valence-corrected chi connectivity index (χ2v) is 5.44. The Kier molecular flexibility index (Phi) is 9.00. The van der Waals surface area contributed by atoms with Crippen molar-refractivity contribution >= 4 is 11.8 Å². The van der Waals surface area contributed by atoms with Gasteiger partial charge in [0.15, 0.2) is 0 Å². The molecule has 2 nitrogen and oxygen atoms in total. The fourth-order valence-electron chi connectivity index (χ4n) is 1.60. The summed E-state index contributed by atoms with van der Waals surface area (Å²) in [6.07, 6.45) is 2.26. The van der Waals surface area contributed by atoms with Gasteiger partial charge >= 0.3 is 0 Å². The summed E-state index contributed by atoms with van der Waals surface area (Å²) >= 11 is 1.89. The maximum Gasteiger partial charge on any atom is 0.0627 e. The molecular weight excluding hydrogens is 242 g/mol. The fourth-order valence-corrected chi connectivity index (χ4v) is 2.56. The highest BCUT2D eigenvalue weighted by molar-refractivity contribution is 7.99. The van der Waals surface area contributed by atoms with E-state index in [-0.39, 0.29) is 0 Å². The van der Waals surface area contributed by atoms with Gasteiger partial charge in [-0.1, -0.05) is 32.0 Å². The van der Waals surface area contributed by atoms with Crippen LogP contribution in [0.15, 0.2) is 35.2 Å². The number of ether oxygens (including phenoxy) is 1. The quantitative estimate of drug-likeness (QED) is 0.517. The molecule has 1 N–H and O–H groups in total. The summed E-state index contributed by atoms with van der Waals surface area (Å²) < 4.78 is 5.65. The number of rotatable bonds is 10. The molecule has 0 heterocycles. The highest BCUT2D eigenvalue weighted by Gasteiger charge is 2.08. The minimum atomic E-state index is 0.446. The number of benzene rings is 1.